The summed E-state index contributed by atoms with van der Waals surface area (Å²) < 4.78 is 0. The lowest BCUT2D eigenvalue weighted by molar-refractivity contribution is 0.435. The summed E-state index contributed by atoms with van der Waals surface area (Å²) in [6.07, 6.45) is 3.61. The number of hydrogen-bond acceptors (Lipinski definition) is 2. The average molecular weight is 164 g/mol. The van der Waals surface area contributed by atoms with Crippen LogP contribution in [-0.2, 0) is 0 Å². The van der Waals surface area contributed by atoms with Gasteiger partial charge in [0, 0.05) is 17.9 Å². The van der Waals surface area contributed by atoms with Crippen molar-refractivity contribution >= 4 is 0 Å². The third kappa shape index (κ3) is 2.05. The van der Waals surface area contributed by atoms with Gasteiger partial charge in [0.05, 0.1) is 0 Å². The monoisotopic (exact) mass is 164 g/mol. The van der Waals surface area contributed by atoms with Crippen LogP contribution < -0.4 is 5.73 Å². The Hall–Kier alpha value is -0.890. The van der Waals surface area contributed by atoms with E-state index in [1.54, 1.807) is 12.4 Å². The molecule has 1 aromatic heterocycles. The van der Waals surface area contributed by atoms with Crippen LogP contribution in [0.1, 0.15) is 32.3 Å². The molecule has 0 spiro atoms. The van der Waals surface area contributed by atoms with Gasteiger partial charge in [0.15, 0.2) is 0 Å². The zero-order valence-corrected chi connectivity index (χ0v) is 7.91. The second kappa shape index (κ2) is 3.23. The van der Waals surface area contributed by atoms with Crippen molar-refractivity contribution < 1.29 is 0 Å². The number of nitrogens with two attached hydrogens (primary N) is 1. The minimum atomic E-state index is -0.165. The van der Waals surface area contributed by atoms with Crippen LogP contribution in [0.4, 0.5) is 0 Å². The van der Waals surface area contributed by atoms with Crippen molar-refractivity contribution in [1.82, 2.24) is 4.98 Å². The molecule has 12 heavy (non-hydrogen) atoms. The molecule has 0 bridgehead atoms. The van der Waals surface area contributed by atoms with E-state index in [-0.39, 0.29) is 5.54 Å². The summed E-state index contributed by atoms with van der Waals surface area (Å²) in [5.74, 6) is 0.362. The molecule has 0 aliphatic rings. The number of rotatable bonds is 2. The molecule has 1 rings (SSSR count). The minimum absolute atomic E-state index is 0.165. The maximum Gasteiger partial charge on any atom is 0.0270 e. The molecule has 0 aliphatic heterocycles. The molecule has 0 aromatic carbocycles. The van der Waals surface area contributed by atoms with Gasteiger partial charge in [-0.2, -0.15) is 0 Å². The third-order valence-corrected chi connectivity index (χ3v) is 2.32. The Morgan fingerprint density at radius 2 is 1.83 bits per heavy atom. The summed E-state index contributed by atoms with van der Waals surface area (Å²) in [6, 6.07) is 4.03. The number of aromatic nitrogens is 1. The van der Waals surface area contributed by atoms with Gasteiger partial charge in [-0.3, -0.25) is 4.98 Å². The molecule has 0 saturated carbocycles. The fraction of sp³-hybridized carbons (Fsp3) is 0.500. The van der Waals surface area contributed by atoms with Crippen molar-refractivity contribution in [1.29, 1.82) is 0 Å². The van der Waals surface area contributed by atoms with E-state index in [0.29, 0.717) is 5.92 Å². The predicted octanol–water partition coefficient (Wildman–Crippen LogP) is 1.92. The van der Waals surface area contributed by atoms with Crippen molar-refractivity contribution in [2.24, 2.45) is 5.73 Å². The lowest BCUT2D eigenvalue weighted by Gasteiger charge is -2.27. The molecule has 0 saturated heterocycles. The van der Waals surface area contributed by atoms with Gasteiger partial charge >= 0.3 is 0 Å². The van der Waals surface area contributed by atoms with Crippen LogP contribution in [-0.4, -0.2) is 10.5 Å². The van der Waals surface area contributed by atoms with E-state index in [4.69, 9.17) is 5.73 Å². The van der Waals surface area contributed by atoms with E-state index < -0.39 is 0 Å². The molecule has 1 unspecified atom stereocenters. The normalized spacial score (nSPS) is 14.3. The largest absolute Gasteiger partial charge is 0.325 e. The zero-order valence-electron chi connectivity index (χ0n) is 7.91. The second-order valence-corrected chi connectivity index (χ2v) is 3.82. The predicted molar refractivity (Wildman–Crippen MR) is 50.9 cm³/mol. The highest BCUT2D eigenvalue weighted by Crippen LogP contribution is 2.24. The number of hydrogen-bond donors (Lipinski definition) is 1. The fourth-order valence-electron chi connectivity index (χ4n) is 1.08. The standard InChI is InChI=1S/C10H16N2/c1-8(10(2,3)11)9-4-6-12-7-5-9/h4-8H,11H2,1-3H3. The highest BCUT2D eigenvalue weighted by Gasteiger charge is 2.21. The van der Waals surface area contributed by atoms with Crippen LogP contribution in [0.2, 0.25) is 0 Å². The molecule has 2 N–H and O–H groups in total. The maximum absolute atomic E-state index is 5.99. The van der Waals surface area contributed by atoms with Gasteiger partial charge < -0.3 is 5.73 Å². The van der Waals surface area contributed by atoms with E-state index in [2.05, 4.69) is 11.9 Å². The summed E-state index contributed by atoms with van der Waals surface area (Å²) in [4.78, 5) is 3.97. The quantitative estimate of drug-likeness (QED) is 0.725. The van der Waals surface area contributed by atoms with Crippen LogP contribution >= 0.6 is 0 Å². The van der Waals surface area contributed by atoms with Gasteiger partial charge in [-0.25, -0.2) is 0 Å². The van der Waals surface area contributed by atoms with Crippen molar-refractivity contribution in [2.75, 3.05) is 0 Å². The SMILES string of the molecule is CC(c1ccncc1)C(C)(C)N. The summed E-state index contributed by atoms with van der Waals surface area (Å²) in [7, 11) is 0. The van der Waals surface area contributed by atoms with E-state index in [0.717, 1.165) is 0 Å². The van der Waals surface area contributed by atoms with Gasteiger partial charge in [0.25, 0.3) is 0 Å². The lowest BCUT2D eigenvalue weighted by Crippen LogP contribution is -2.37. The summed E-state index contributed by atoms with van der Waals surface area (Å²) in [6.45, 7) is 6.21. The second-order valence-electron chi connectivity index (χ2n) is 3.82. The summed E-state index contributed by atoms with van der Waals surface area (Å²) >= 11 is 0. The summed E-state index contributed by atoms with van der Waals surface area (Å²) in [5, 5.41) is 0. The topological polar surface area (TPSA) is 38.9 Å². The fourth-order valence-corrected chi connectivity index (χ4v) is 1.08. The third-order valence-electron chi connectivity index (χ3n) is 2.32. The molecule has 1 atom stereocenters. The maximum atomic E-state index is 5.99. The first-order valence-corrected chi connectivity index (χ1v) is 4.20. The first-order chi connectivity index (χ1) is 5.52. The molecule has 2 nitrogen and oxygen atoms in total. The Morgan fingerprint density at radius 3 is 2.25 bits per heavy atom. The molecular weight excluding hydrogens is 148 g/mol. The Balaban J connectivity index is 2.86. The van der Waals surface area contributed by atoms with Gasteiger partial charge in [-0.15, -0.1) is 0 Å². The van der Waals surface area contributed by atoms with Crippen LogP contribution in [0.3, 0.4) is 0 Å². The molecule has 0 aliphatic carbocycles. The van der Waals surface area contributed by atoms with Crippen molar-refractivity contribution in [3.8, 4) is 0 Å². The smallest absolute Gasteiger partial charge is 0.0270 e. The van der Waals surface area contributed by atoms with Gasteiger partial charge in [0.2, 0.25) is 0 Å². The molecule has 66 valence electrons. The van der Waals surface area contributed by atoms with Crippen molar-refractivity contribution in [3.63, 3.8) is 0 Å². The van der Waals surface area contributed by atoms with E-state index in [9.17, 15) is 0 Å². The average Bonchev–Trinajstić information content (AvgIpc) is 2.03. The first kappa shape index (κ1) is 9.20. The Labute approximate surface area is 73.8 Å². The Bertz CT molecular complexity index is 236. The molecule has 0 amide bonds. The molecule has 1 heterocycles. The van der Waals surface area contributed by atoms with Crippen LogP contribution in [0.15, 0.2) is 24.5 Å². The highest BCUT2D eigenvalue weighted by atomic mass is 14.7. The van der Waals surface area contributed by atoms with Crippen molar-refractivity contribution in [3.05, 3.63) is 30.1 Å². The first-order valence-electron chi connectivity index (χ1n) is 4.20. The lowest BCUT2D eigenvalue weighted by atomic mass is 9.85. The number of nitrogens with zero attached hydrogens (tertiary/aromatic N) is 1. The molecular formula is C10H16N2. The molecule has 0 fully saturated rings. The van der Waals surface area contributed by atoms with Gasteiger partial charge in [-0.1, -0.05) is 6.92 Å². The van der Waals surface area contributed by atoms with Crippen LogP contribution in [0.25, 0.3) is 0 Å². The van der Waals surface area contributed by atoms with Gasteiger partial charge in [-0.05, 0) is 37.5 Å². The zero-order chi connectivity index (χ0) is 9.19. The Kier molecular flexibility index (Phi) is 2.48. The van der Waals surface area contributed by atoms with Crippen molar-refractivity contribution in [2.45, 2.75) is 32.2 Å². The van der Waals surface area contributed by atoms with E-state index in [1.165, 1.54) is 5.56 Å². The van der Waals surface area contributed by atoms with E-state index in [1.807, 2.05) is 26.0 Å². The molecule has 0 radical (unpaired) electrons. The van der Waals surface area contributed by atoms with Crippen LogP contribution in [0.5, 0.6) is 0 Å². The number of pyridine rings is 1. The molecule has 2 heteroatoms. The van der Waals surface area contributed by atoms with Gasteiger partial charge in [0.1, 0.15) is 0 Å². The van der Waals surface area contributed by atoms with E-state index >= 15 is 0 Å². The minimum Gasteiger partial charge on any atom is -0.325 e. The van der Waals surface area contributed by atoms with Crippen LogP contribution in [0, 0.1) is 0 Å². The highest BCUT2D eigenvalue weighted by molar-refractivity contribution is 5.18. The Morgan fingerprint density at radius 1 is 1.33 bits per heavy atom. The molecule has 1 aromatic rings. The summed E-state index contributed by atoms with van der Waals surface area (Å²) in [5.41, 5.74) is 7.07.